The van der Waals surface area contributed by atoms with Gasteiger partial charge in [0.25, 0.3) is 11.5 Å². The third-order valence-corrected chi connectivity index (χ3v) is 6.08. The minimum absolute atomic E-state index is 0.0627. The average molecular weight is 417 g/mol. The van der Waals surface area contributed by atoms with Crippen molar-refractivity contribution in [1.82, 2.24) is 14.3 Å². The summed E-state index contributed by atoms with van der Waals surface area (Å²) in [6, 6.07) is 14.2. The highest BCUT2D eigenvalue weighted by Gasteiger charge is 2.42. The summed E-state index contributed by atoms with van der Waals surface area (Å²) < 4.78 is 1.50. The number of aliphatic imine (C=N–C) groups is 2. The number of hydrogen-bond acceptors (Lipinski definition) is 6. The zero-order chi connectivity index (χ0) is 20.8. The Morgan fingerprint density at radius 2 is 1.90 bits per heavy atom. The fraction of sp³-hybridized carbons (Fsp3) is 0.227. The Balaban J connectivity index is 1.50. The van der Waals surface area contributed by atoms with Crippen molar-refractivity contribution >= 4 is 40.0 Å². The van der Waals surface area contributed by atoms with Gasteiger partial charge >= 0.3 is 0 Å². The molecule has 0 fully saturated rings. The van der Waals surface area contributed by atoms with Crippen LogP contribution in [0, 0.1) is 5.92 Å². The van der Waals surface area contributed by atoms with Crippen molar-refractivity contribution in [1.29, 1.82) is 0 Å². The number of aromatic nitrogens is 2. The molecule has 1 aromatic carbocycles. The van der Waals surface area contributed by atoms with Crippen molar-refractivity contribution in [3.63, 3.8) is 0 Å². The van der Waals surface area contributed by atoms with Gasteiger partial charge in [-0.2, -0.15) is 0 Å². The number of carbonyl (C=O) groups excluding carboxylic acids is 1. The summed E-state index contributed by atoms with van der Waals surface area (Å²) in [4.78, 5) is 41.1. The van der Waals surface area contributed by atoms with Gasteiger partial charge in [-0.1, -0.05) is 43.8 Å². The van der Waals surface area contributed by atoms with Crippen LogP contribution in [-0.4, -0.2) is 37.2 Å². The predicted octanol–water partition coefficient (Wildman–Crippen LogP) is 3.24. The van der Waals surface area contributed by atoms with E-state index in [2.05, 4.69) is 4.98 Å². The summed E-state index contributed by atoms with van der Waals surface area (Å²) >= 11 is 1.39. The fourth-order valence-corrected chi connectivity index (χ4v) is 4.51. The smallest absolute Gasteiger partial charge is 0.259 e. The van der Waals surface area contributed by atoms with Crippen molar-refractivity contribution in [2.24, 2.45) is 15.9 Å². The molecule has 2 aromatic heterocycles. The molecule has 0 saturated carbocycles. The van der Waals surface area contributed by atoms with E-state index >= 15 is 0 Å². The largest absolute Gasteiger partial charge is 0.271 e. The minimum Gasteiger partial charge on any atom is -0.271 e. The van der Waals surface area contributed by atoms with Gasteiger partial charge in [0.1, 0.15) is 17.5 Å². The number of benzene rings is 1. The molecular weight excluding hydrogens is 398 g/mol. The molecule has 0 radical (unpaired) electrons. The zero-order valence-electron chi connectivity index (χ0n) is 16.5. The predicted molar refractivity (Wildman–Crippen MR) is 118 cm³/mol. The molecule has 4 heterocycles. The van der Waals surface area contributed by atoms with Gasteiger partial charge in [-0.25, -0.2) is 14.9 Å². The standard InChI is InChI=1S/C22H19N5O2S/c1-13(2)19-21(29)27-20(25-19)15-7-3-4-8-16(15)24-22(27)30-12-14-11-18(28)26-10-6-5-9-17(26)23-14/h3-11,13,19H,12H2,1-2H3/t19-/m0/s1. The van der Waals surface area contributed by atoms with E-state index in [0.717, 1.165) is 11.3 Å². The summed E-state index contributed by atoms with van der Waals surface area (Å²) in [5, 5.41) is 0.565. The highest BCUT2D eigenvalue weighted by atomic mass is 32.2. The molecule has 7 nitrogen and oxygen atoms in total. The number of fused-ring (bicyclic) bond motifs is 4. The molecule has 0 aliphatic carbocycles. The van der Waals surface area contributed by atoms with Crippen LogP contribution in [0.25, 0.3) is 5.65 Å². The van der Waals surface area contributed by atoms with Gasteiger partial charge in [0, 0.05) is 23.6 Å². The first-order chi connectivity index (χ1) is 14.5. The lowest BCUT2D eigenvalue weighted by Crippen LogP contribution is -2.42. The van der Waals surface area contributed by atoms with Gasteiger partial charge in [0.15, 0.2) is 5.17 Å². The van der Waals surface area contributed by atoms with Crippen molar-refractivity contribution in [2.75, 3.05) is 0 Å². The maximum absolute atomic E-state index is 13.1. The molecule has 3 aromatic rings. The second-order valence-corrected chi connectivity index (χ2v) is 8.47. The molecule has 2 aliphatic heterocycles. The number of pyridine rings is 1. The minimum atomic E-state index is -0.416. The Morgan fingerprint density at radius 1 is 1.10 bits per heavy atom. The van der Waals surface area contributed by atoms with Crippen LogP contribution < -0.4 is 5.56 Å². The van der Waals surface area contributed by atoms with Crippen molar-refractivity contribution in [3.8, 4) is 0 Å². The maximum Gasteiger partial charge on any atom is 0.259 e. The van der Waals surface area contributed by atoms with Crippen molar-refractivity contribution in [3.05, 3.63) is 76.3 Å². The molecule has 8 heteroatoms. The Bertz CT molecular complexity index is 1290. The van der Waals surface area contributed by atoms with Crippen LogP contribution in [0.2, 0.25) is 0 Å². The molecule has 2 aliphatic rings. The molecule has 0 unspecified atom stereocenters. The number of para-hydroxylation sites is 1. The van der Waals surface area contributed by atoms with Crippen LogP contribution in [-0.2, 0) is 10.5 Å². The van der Waals surface area contributed by atoms with Crippen LogP contribution in [0.4, 0.5) is 5.69 Å². The molecule has 0 bridgehead atoms. The van der Waals surface area contributed by atoms with E-state index in [0.29, 0.717) is 28.1 Å². The molecule has 0 spiro atoms. The lowest BCUT2D eigenvalue weighted by Gasteiger charge is -2.25. The topological polar surface area (TPSA) is 79.4 Å². The van der Waals surface area contributed by atoms with Gasteiger partial charge in [-0.05, 0) is 30.2 Å². The van der Waals surface area contributed by atoms with Gasteiger partial charge in [0.2, 0.25) is 0 Å². The van der Waals surface area contributed by atoms with Crippen LogP contribution in [0.1, 0.15) is 25.1 Å². The van der Waals surface area contributed by atoms with Crippen LogP contribution in [0.3, 0.4) is 0 Å². The van der Waals surface area contributed by atoms with Crippen molar-refractivity contribution < 1.29 is 4.79 Å². The second-order valence-electron chi connectivity index (χ2n) is 7.53. The fourth-order valence-electron chi connectivity index (χ4n) is 3.62. The van der Waals surface area contributed by atoms with E-state index < -0.39 is 6.04 Å². The third-order valence-electron chi connectivity index (χ3n) is 5.10. The maximum atomic E-state index is 13.1. The van der Waals surface area contributed by atoms with E-state index in [9.17, 15) is 9.59 Å². The summed E-state index contributed by atoms with van der Waals surface area (Å²) in [5.41, 5.74) is 2.75. The lowest BCUT2D eigenvalue weighted by molar-refractivity contribution is -0.125. The second kappa shape index (κ2) is 7.21. The van der Waals surface area contributed by atoms with Crippen LogP contribution in [0.15, 0.2) is 69.5 Å². The summed E-state index contributed by atoms with van der Waals surface area (Å²) in [7, 11) is 0. The number of amidine groups is 2. The molecule has 1 atom stereocenters. The first kappa shape index (κ1) is 18.7. The molecule has 0 N–H and O–H groups in total. The van der Waals surface area contributed by atoms with Gasteiger partial charge in [0.05, 0.1) is 11.4 Å². The van der Waals surface area contributed by atoms with E-state index in [-0.39, 0.29) is 17.4 Å². The number of thioether (sulfide) groups is 1. The zero-order valence-corrected chi connectivity index (χ0v) is 17.3. The van der Waals surface area contributed by atoms with Crippen molar-refractivity contribution in [2.45, 2.75) is 25.6 Å². The Morgan fingerprint density at radius 3 is 2.73 bits per heavy atom. The van der Waals surface area contributed by atoms with E-state index in [1.165, 1.54) is 22.2 Å². The highest BCUT2D eigenvalue weighted by Crippen LogP contribution is 2.35. The molecule has 5 rings (SSSR count). The van der Waals surface area contributed by atoms with E-state index in [1.54, 1.807) is 23.2 Å². The van der Waals surface area contributed by atoms with Gasteiger partial charge in [-0.15, -0.1) is 0 Å². The Hall–Kier alpha value is -3.26. The normalized spacial score (nSPS) is 17.8. The lowest BCUT2D eigenvalue weighted by atomic mass is 10.1. The molecule has 150 valence electrons. The number of nitrogens with zero attached hydrogens (tertiary/aromatic N) is 5. The summed E-state index contributed by atoms with van der Waals surface area (Å²) in [6.07, 6.45) is 1.70. The highest BCUT2D eigenvalue weighted by molar-refractivity contribution is 8.13. The Labute approximate surface area is 177 Å². The van der Waals surface area contributed by atoms with Gasteiger partial charge in [-0.3, -0.25) is 19.0 Å². The number of carbonyl (C=O) groups is 1. The van der Waals surface area contributed by atoms with Gasteiger partial charge < -0.3 is 0 Å². The molecular formula is C22H19N5O2S. The SMILES string of the molecule is CC(C)[C@@H]1N=C2c3ccccc3N=C(SCc3cc(=O)n4ccccc4n3)N2C1=O. The molecule has 1 amide bonds. The number of rotatable bonds is 3. The summed E-state index contributed by atoms with van der Waals surface area (Å²) in [5.74, 6) is 1.10. The monoisotopic (exact) mass is 417 g/mol. The van der Waals surface area contributed by atoms with Crippen LogP contribution in [0.5, 0.6) is 0 Å². The summed E-state index contributed by atoms with van der Waals surface area (Å²) in [6.45, 7) is 3.99. The van der Waals surface area contributed by atoms with Crippen LogP contribution >= 0.6 is 11.8 Å². The first-order valence-corrected chi connectivity index (χ1v) is 10.7. The van der Waals surface area contributed by atoms with E-state index in [1.807, 2.05) is 44.2 Å². The Kier molecular flexibility index (Phi) is 4.51. The molecule has 30 heavy (non-hydrogen) atoms. The quantitative estimate of drug-likeness (QED) is 0.655. The first-order valence-electron chi connectivity index (χ1n) is 9.73. The number of hydrogen-bond donors (Lipinski definition) is 0. The molecule has 0 saturated heterocycles. The average Bonchev–Trinajstić information content (AvgIpc) is 3.10. The van der Waals surface area contributed by atoms with E-state index in [4.69, 9.17) is 9.98 Å². The third kappa shape index (κ3) is 3.04. The number of amides is 1.